The zero-order chi connectivity index (χ0) is 11.7. The monoisotopic (exact) mass is 224 g/mol. The highest BCUT2D eigenvalue weighted by atomic mass is 19.1. The average molecular weight is 224 g/mol. The Morgan fingerprint density at radius 2 is 1.62 bits per heavy atom. The molecule has 0 N–H and O–H groups in total. The summed E-state index contributed by atoms with van der Waals surface area (Å²) in [7, 11) is 0. The first-order valence-electron chi connectivity index (χ1n) is 4.52. The lowest BCUT2D eigenvalue weighted by Gasteiger charge is -2.05. The van der Waals surface area contributed by atoms with Gasteiger partial charge >= 0.3 is 0 Å². The van der Waals surface area contributed by atoms with Crippen molar-refractivity contribution in [1.29, 1.82) is 0 Å². The van der Waals surface area contributed by atoms with E-state index in [1.165, 1.54) is 12.3 Å². The molecule has 0 fully saturated rings. The lowest BCUT2D eigenvalue weighted by molar-refractivity contribution is 0.548. The molecule has 2 aromatic rings. The van der Waals surface area contributed by atoms with Crippen LogP contribution in [0.2, 0.25) is 0 Å². The van der Waals surface area contributed by atoms with E-state index < -0.39 is 17.5 Å². The highest BCUT2D eigenvalue weighted by Crippen LogP contribution is 2.26. The van der Waals surface area contributed by atoms with Crippen LogP contribution in [0.4, 0.5) is 13.2 Å². The van der Waals surface area contributed by atoms with Gasteiger partial charge in [0.2, 0.25) is 0 Å². The van der Waals surface area contributed by atoms with Gasteiger partial charge in [0, 0.05) is 17.7 Å². The Morgan fingerprint density at radius 3 is 2.19 bits per heavy atom. The summed E-state index contributed by atoms with van der Waals surface area (Å²) in [6.07, 6.45) is 1.23. The maximum absolute atomic E-state index is 13.4. The number of aryl methyl sites for hydroxylation is 1. The van der Waals surface area contributed by atoms with E-state index in [4.69, 9.17) is 0 Å². The molecule has 0 spiro atoms. The van der Waals surface area contributed by atoms with Crippen LogP contribution in [0.1, 0.15) is 5.69 Å². The second-order valence-corrected chi connectivity index (χ2v) is 3.33. The predicted molar refractivity (Wildman–Crippen MR) is 52.1 cm³/mol. The molecule has 2 nitrogen and oxygen atoms in total. The summed E-state index contributed by atoms with van der Waals surface area (Å²) < 4.78 is 39.5. The minimum atomic E-state index is -0.954. The topological polar surface area (TPSA) is 25.8 Å². The Hall–Kier alpha value is -1.91. The van der Waals surface area contributed by atoms with E-state index in [2.05, 4.69) is 10.2 Å². The van der Waals surface area contributed by atoms with Crippen molar-refractivity contribution in [1.82, 2.24) is 10.2 Å². The Kier molecular flexibility index (Phi) is 2.60. The van der Waals surface area contributed by atoms with Gasteiger partial charge in [-0.15, -0.1) is 0 Å². The fourth-order valence-corrected chi connectivity index (χ4v) is 1.43. The van der Waals surface area contributed by atoms with Crippen molar-refractivity contribution < 1.29 is 13.2 Å². The van der Waals surface area contributed by atoms with E-state index >= 15 is 0 Å². The van der Waals surface area contributed by atoms with Crippen molar-refractivity contribution in [2.75, 3.05) is 0 Å². The largest absolute Gasteiger partial charge is 0.207 e. The van der Waals surface area contributed by atoms with Crippen molar-refractivity contribution in [2.24, 2.45) is 0 Å². The molecule has 2 rings (SSSR count). The zero-order valence-corrected chi connectivity index (χ0v) is 8.34. The molecule has 0 atom stereocenters. The Morgan fingerprint density at radius 1 is 1.00 bits per heavy atom. The molecule has 0 bridgehead atoms. The molecule has 0 aliphatic rings. The van der Waals surface area contributed by atoms with Crippen molar-refractivity contribution >= 4 is 0 Å². The second kappa shape index (κ2) is 3.92. The Labute approximate surface area is 89.8 Å². The zero-order valence-electron chi connectivity index (χ0n) is 8.34. The number of aromatic nitrogens is 2. The Bertz CT molecular complexity index is 517. The number of benzene rings is 1. The minimum Gasteiger partial charge on any atom is -0.207 e. The molecule has 1 aromatic carbocycles. The molecule has 0 radical (unpaired) electrons. The SMILES string of the molecule is Cc1cc(-c2c(F)cc(F)cc2F)cnn1. The normalized spacial score (nSPS) is 10.5. The minimum absolute atomic E-state index is 0.238. The van der Waals surface area contributed by atoms with E-state index in [1.54, 1.807) is 6.92 Å². The third kappa shape index (κ3) is 1.88. The van der Waals surface area contributed by atoms with E-state index in [0.717, 1.165) is 0 Å². The molecule has 0 saturated heterocycles. The molecule has 0 unspecified atom stereocenters. The molecule has 1 aromatic heterocycles. The quantitative estimate of drug-likeness (QED) is 0.744. The van der Waals surface area contributed by atoms with Gasteiger partial charge in [0.25, 0.3) is 0 Å². The summed E-state index contributed by atoms with van der Waals surface area (Å²) in [6.45, 7) is 1.65. The molecule has 82 valence electrons. The summed E-state index contributed by atoms with van der Waals surface area (Å²) in [5.41, 5.74) is 0.475. The van der Waals surface area contributed by atoms with Crippen LogP contribution in [-0.2, 0) is 0 Å². The maximum Gasteiger partial charge on any atom is 0.136 e. The highest BCUT2D eigenvalue weighted by Gasteiger charge is 2.13. The van der Waals surface area contributed by atoms with Gasteiger partial charge in [-0.25, -0.2) is 13.2 Å². The van der Waals surface area contributed by atoms with Crippen LogP contribution in [-0.4, -0.2) is 10.2 Å². The van der Waals surface area contributed by atoms with E-state index in [0.29, 0.717) is 17.8 Å². The number of halogens is 3. The van der Waals surface area contributed by atoms with Gasteiger partial charge in [-0.3, -0.25) is 0 Å². The number of hydrogen-bond acceptors (Lipinski definition) is 2. The summed E-state index contributed by atoms with van der Waals surface area (Å²) in [5.74, 6) is -2.85. The molecule has 16 heavy (non-hydrogen) atoms. The van der Waals surface area contributed by atoms with Gasteiger partial charge in [-0.05, 0) is 13.0 Å². The van der Waals surface area contributed by atoms with Crippen molar-refractivity contribution in [3.05, 3.63) is 47.5 Å². The van der Waals surface area contributed by atoms with Crippen molar-refractivity contribution in [3.8, 4) is 11.1 Å². The van der Waals surface area contributed by atoms with Crippen LogP contribution in [0.25, 0.3) is 11.1 Å². The van der Waals surface area contributed by atoms with Gasteiger partial charge in [-0.1, -0.05) is 0 Å². The fourth-order valence-electron chi connectivity index (χ4n) is 1.43. The summed E-state index contributed by atoms with van der Waals surface area (Å²) >= 11 is 0. The van der Waals surface area contributed by atoms with Gasteiger partial charge in [-0.2, -0.15) is 10.2 Å². The summed E-state index contributed by atoms with van der Waals surface area (Å²) in [4.78, 5) is 0. The first-order chi connectivity index (χ1) is 7.58. The first-order valence-corrected chi connectivity index (χ1v) is 4.52. The third-order valence-corrected chi connectivity index (χ3v) is 2.07. The van der Waals surface area contributed by atoms with Gasteiger partial charge < -0.3 is 0 Å². The second-order valence-electron chi connectivity index (χ2n) is 3.33. The molecule has 0 aliphatic carbocycles. The van der Waals surface area contributed by atoms with Crippen LogP contribution in [0.15, 0.2) is 24.4 Å². The standard InChI is InChI=1S/C11H7F3N2/c1-6-2-7(5-15-16-6)11-9(13)3-8(12)4-10(11)14/h2-5H,1H3. The highest BCUT2D eigenvalue weighted by molar-refractivity contribution is 5.64. The lowest BCUT2D eigenvalue weighted by Crippen LogP contribution is -1.95. The van der Waals surface area contributed by atoms with E-state index in [-0.39, 0.29) is 11.1 Å². The number of hydrogen-bond donors (Lipinski definition) is 0. The fraction of sp³-hybridized carbons (Fsp3) is 0.0909. The lowest BCUT2D eigenvalue weighted by atomic mass is 10.1. The van der Waals surface area contributed by atoms with Crippen molar-refractivity contribution in [2.45, 2.75) is 6.92 Å². The van der Waals surface area contributed by atoms with Crippen LogP contribution < -0.4 is 0 Å². The van der Waals surface area contributed by atoms with Gasteiger partial charge in [0.05, 0.1) is 17.5 Å². The van der Waals surface area contributed by atoms with Crippen LogP contribution in [0, 0.1) is 24.4 Å². The van der Waals surface area contributed by atoms with E-state index in [1.807, 2.05) is 0 Å². The Balaban J connectivity index is 2.64. The van der Waals surface area contributed by atoms with Gasteiger partial charge in [0.1, 0.15) is 17.5 Å². The molecule has 0 amide bonds. The molecular weight excluding hydrogens is 217 g/mol. The van der Waals surface area contributed by atoms with Gasteiger partial charge in [0.15, 0.2) is 0 Å². The average Bonchev–Trinajstić information content (AvgIpc) is 2.15. The van der Waals surface area contributed by atoms with Crippen LogP contribution >= 0.6 is 0 Å². The van der Waals surface area contributed by atoms with E-state index in [9.17, 15) is 13.2 Å². The number of nitrogens with zero attached hydrogens (tertiary/aromatic N) is 2. The number of rotatable bonds is 1. The predicted octanol–water partition coefficient (Wildman–Crippen LogP) is 2.87. The molecule has 1 heterocycles. The smallest absolute Gasteiger partial charge is 0.136 e. The van der Waals surface area contributed by atoms with Crippen molar-refractivity contribution in [3.63, 3.8) is 0 Å². The maximum atomic E-state index is 13.4. The molecular formula is C11H7F3N2. The van der Waals surface area contributed by atoms with Crippen LogP contribution in [0.5, 0.6) is 0 Å². The molecule has 0 saturated carbocycles. The molecule has 5 heteroatoms. The van der Waals surface area contributed by atoms with Crippen LogP contribution in [0.3, 0.4) is 0 Å². The summed E-state index contributed by atoms with van der Waals surface area (Å²) in [6, 6.07) is 2.74. The first kappa shape index (κ1) is 10.6. The third-order valence-electron chi connectivity index (χ3n) is 2.07. The summed E-state index contributed by atoms with van der Waals surface area (Å²) in [5, 5.41) is 7.26. The molecule has 0 aliphatic heterocycles.